The van der Waals surface area contributed by atoms with Crippen LogP contribution in [0.25, 0.3) is 0 Å². The lowest BCUT2D eigenvalue weighted by molar-refractivity contribution is -0.139. The Balaban J connectivity index is 2.72. The molecule has 0 radical (unpaired) electrons. The molecule has 0 aromatic heterocycles. The van der Waals surface area contributed by atoms with Crippen LogP contribution >= 0.6 is 0 Å². The number of aryl methyl sites for hydroxylation is 1. The third-order valence-electron chi connectivity index (χ3n) is 3.97. The second-order valence-electron chi connectivity index (χ2n) is 6.07. The minimum atomic E-state index is -0.791. The Morgan fingerprint density at radius 2 is 1.91 bits per heavy atom. The van der Waals surface area contributed by atoms with E-state index < -0.39 is 5.60 Å². The van der Waals surface area contributed by atoms with E-state index in [2.05, 4.69) is 12.2 Å². The summed E-state index contributed by atoms with van der Waals surface area (Å²) in [7, 11) is 0. The van der Waals surface area contributed by atoms with Gasteiger partial charge in [-0.1, -0.05) is 27.2 Å². The van der Waals surface area contributed by atoms with Crippen molar-refractivity contribution >= 4 is 11.6 Å². The van der Waals surface area contributed by atoms with Crippen LogP contribution in [0.5, 0.6) is 5.75 Å². The standard InChI is InChI=1S/C19H31NO3/c1-6-9-13-22-17-11-10-16(14-15(17)4)20-18(21)19(5,8-3)23-12-7-2/h10-11,14H,6-9,12-13H2,1-5H3,(H,20,21)/t19-/m0/s1. The first-order valence-corrected chi connectivity index (χ1v) is 8.65. The van der Waals surface area contributed by atoms with E-state index in [9.17, 15) is 4.79 Å². The molecule has 0 spiro atoms. The lowest BCUT2D eigenvalue weighted by Gasteiger charge is -2.27. The van der Waals surface area contributed by atoms with Gasteiger partial charge in [0.25, 0.3) is 5.91 Å². The van der Waals surface area contributed by atoms with Crippen LogP contribution in [-0.2, 0) is 9.53 Å². The highest BCUT2D eigenvalue weighted by Gasteiger charge is 2.32. The van der Waals surface area contributed by atoms with E-state index in [0.29, 0.717) is 13.0 Å². The fraction of sp³-hybridized carbons (Fsp3) is 0.632. The highest BCUT2D eigenvalue weighted by atomic mass is 16.5. The molecule has 0 aliphatic heterocycles. The van der Waals surface area contributed by atoms with Gasteiger partial charge in [-0.05, 0) is 56.9 Å². The fourth-order valence-electron chi connectivity index (χ4n) is 2.13. The average molecular weight is 321 g/mol. The van der Waals surface area contributed by atoms with E-state index in [4.69, 9.17) is 9.47 Å². The Bertz CT molecular complexity index is 501. The maximum absolute atomic E-state index is 12.5. The molecule has 4 nitrogen and oxygen atoms in total. The normalized spacial score (nSPS) is 13.4. The molecule has 1 N–H and O–H groups in total. The topological polar surface area (TPSA) is 47.6 Å². The Morgan fingerprint density at radius 1 is 1.17 bits per heavy atom. The summed E-state index contributed by atoms with van der Waals surface area (Å²) < 4.78 is 11.5. The number of hydrogen-bond donors (Lipinski definition) is 1. The summed E-state index contributed by atoms with van der Waals surface area (Å²) >= 11 is 0. The summed E-state index contributed by atoms with van der Waals surface area (Å²) in [6.07, 6.45) is 3.68. The van der Waals surface area contributed by atoms with Gasteiger partial charge in [-0.3, -0.25) is 4.79 Å². The van der Waals surface area contributed by atoms with Crippen LogP contribution < -0.4 is 10.1 Å². The second-order valence-corrected chi connectivity index (χ2v) is 6.07. The second kappa shape index (κ2) is 9.56. The zero-order valence-electron chi connectivity index (χ0n) is 15.2. The molecule has 23 heavy (non-hydrogen) atoms. The molecule has 1 rings (SSSR count). The van der Waals surface area contributed by atoms with E-state index in [1.165, 1.54) is 0 Å². The molecular formula is C19H31NO3. The molecule has 4 heteroatoms. The Kier molecular flexibility index (Phi) is 8.10. The molecule has 130 valence electrons. The molecule has 1 atom stereocenters. The van der Waals surface area contributed by atoms with E-state index >= 15 is 0 Å². The van der Waals surface area contributed by atoms with Gasteiger partial charge in [0.2, 0.25) is 0 Å². The number of amides is 1. The quantitative estimate of drug-likeness (QED) is 0.635. The number of rotatable bonds is 10. The van der Waals surface area contributed by atoms with Gasteiger partial charge < -0.3 is 14.8 Å². The molecule has 1 aromatic rings. The number of ether oxygens (including phenoxy) is 2. The van der Waals surface area contributed by atoms with Crippen LogP contribution in [0.4, 0.5) is 5.69 Å². The molecule has 0 heterocycles. The number of carbonyl (C=O) groups excluding carboxylic acids is 1. The van der Waals surface area contributed by atoms with E-state index in [-0.39, 0.29) is 5.91 Å². The number of anilines is 1. The summed E-state index contributed by atoms with van der Waals surface area (Å²) in [5.41, 5.74) is 1.00. The molecule has 0 aliphatic carbocycles. The fourth-order valence-corrected chi connectivity index (χ4v) is 2.13. The molecule has 0 bridgehead atoms. The first-order valence-electron chi connectivity index (χ1n) is 8.65. The number of unbranched alkanes of at least 4 members (excludes halogenated alkanes) is 1. The van der Waals surface area contributed by atoms with Crippen LogP contribution in [0, 0.1) is 6.92 Å². The van der Waals surface area contributed by atoms with Crippen molar-refractivity contribution in [1.82, 2.24) is 0 Å². The third kappa shape index (κ3) is 5.87. The van der Waals surface area contributed by atoms with Crippen molar-refractivity contribution < 1.29 is 14.3 Å². The molecular weight excluding hydrogens is 290 g/mol. The van der Waals surface area contributed by atoms with Gasteiger partial charge in [0, 0.05) is 12.3 Å². The zero-order valence-corrected chi connectivity index (χ0v) is 15.2. The van der Waals surface area contributed by atoms with Crippen molar-refractivity contribution in [3.63, 3.8) is 0 Å². The summed E-state index contributed by atoms with van der Waals surface area (Å²) in [4.78, 5) is 12.5. The summed E-state index contributed by atoms with van der Waals surface area (Å²) in [6, 6.07) is 5.73. The Hall–Kier alpha value is -1.55. The highest BCUT2D eigenvalue weighted by Crippen LogP contribution is 2.24. The predicted octanol–water partition coefficient (Wildman–Crippen LogP) is 4.71. The van der Waals surface area contributed by atoms with Crippen LogP contribution in [0.15, 0.2) is 18.2 Å². The van der Waals surface area contributed by atoms with Gasteiger partial charge in [0.05, 0.1) is 6.61 Å². The van der Waals surface area contributed by atoms with Crippen LogP contribution in [0.2, 0.25) is 0 Å². The number of benzene rings is 1. The van der Waals surface area contributed by atoms with E-state index in [1.807, 2.05) is 45.9 Å². The van der Waals surface area contributed by atoms with Crippen molar-refractivity contribution in [2.45, 2.75) is 65.9 Å². The summed E-state index contributed by atoms with van der Waals surface area (Å²) in [6.45, 7) is 11.3. The number of nitrogens with one attached hydrogen (secondary N) is 1. The Morgan fingerprint density at radius 3 is 2.48 bits per heavy atom. The molecule has 0 aliphatic rings. The zero-order chi connectivity index (χ0) is 17.3. The monoisotopic (exact) mass is 321 g/mol. The van der Waals surface area contributed by atoms with Crippen LogP contribution in [-0.4, -0.2) is 24.7 Å². The van der Waals surface area contributed by atoms with Crippen molar-refractivity contribution in [2.24, 2.45) is 0 Å². The molecule has 0 saturated carbocycles. The smallest absolute Gasteiger partial charge is 0.256 e. The molecule has 0 saturated heterocycles. The van der Waals surface area contributed by atoms with Gasteiger partial charge >= 0.3 is 0 Å². The third-order valence-corrected chi connectivity index (χ3v) is 3.97. The molecule has 1 amide bonds. The largest absolute Gasteiger partial charge is 0.493 e. The van der Waals surface area contributed by atoms with Gasteiger partial charge in [0.1, 0.15) is 11.4 Å². The van der Waals surface area contributed by atoms with Crippen LogP contribution in [0.3, 0.4) is 0 Å². The lowest BCUT2D eigenvalue weighted by Crippen LogP contribution is -2.42. The van der Waals surface area contributed by atoms with Crippen molar-refractivity contribution in [3.8, 4) is 5.75 Å². The molecule has 0 unspecified atom stereocenters. The number of hydrogen-bond acceptors (Lipinski definition) is 3. The van der Waals surface area contributed by atoms with Crippen molar-refractivity contribution in [3.05, 3.63) is 23.8 Å². The van der Waals surface area contributed by atoms with Gasteiger partial charge in [-0.15, -0.1) is 0 Å². The van der Waals surface area contributed by atoms with Gasteiger partial charge in [-0.2, -0.15) is 0 Å². The summed E-state index contributed by atoms with van der Waals surface area (Å²) in [5.74, 6) is 0.768. The lowest BCUT2D eigenvalue weighted by atomic mass is 10.0. The first-order chi connectivity index (χ1) is 11.0. The maximum atomic E-state index is 12.5. The van der Waals surface area contributed by atoms with Crippen molar-refractivity contribution in [2.75, 3.05) is 18.5 Å². The number of carbonyl (C=O) groups is 1. The predicted molar refractivity (Wildman–Crippen MR) is 95.2 cm³/mol. The average Bonchev–Trinajstić information content (AvgIpc) is 2.54. The molecule has 0 fully saturated rings. The Labute approximate surface area is 140 Å². The SMILES string of the molecule is CCCCOc1ccc(NC(=O)[C@](C)(CC)OCCC)cc1C. The minimum Gasteiger partial charge on any atom is -0.493 e. The van der Waals surface area contributed by atoms with E-state index in [1.54, 1.807) is 0 Å². The van der Waals surface area contributed by atoms with Crippen LogP contribution in [0.1, 0.15) is 58.9 Å². The minimum absolute atomic E-state index is 0.104. The van der Waals surface area contributed by atoms with Gasteiger partial charge in [-0.25, -0.2) is 0 Å². The summed E-state index contributed by atoms with van der Waals surface area (Å²) in [5, 5.41) is 2.96. The van der Waals surface area contributed by atoms with Gasteiger partial charge in [0.15, 0.2) is 0 Å². The van der Waals surface area contributed by atoms with Crippen molar-refractivity contribution in [1.29, 1.82) is 0 Å². The molecule has 1 aromatic carbocycles. The first kappa shape index (κ1) is 19.5. The maximum Gasteiger partial charge on any atom is 0.256 e. The highest BCUT2D eigenvalue weighted by molar-refractivity contribution is 5.97. The van der Waals surface area contributed by atoms with E-state index in [0.717, 1.165) is 42.9 Å².